The van der Waals surface area contributed by atoms with E-state index in [0.717, 1.165) is 43.1 Å². The number of pyridine rings is 1. The van der Waals surface area contributed by atoms with Crippen molar-refractivity contribution in [3.05, 3.63) is 22.3 Å². The molecule has 2 N–H and O–H groups in total. The van der Waals surface area contributed by atoms with E-state index in [1.165, 1.54) is 0 Å². The van der Waals surface area contributed by atoms with Gasteiger partial charge in [-0.2, -0.15) is 0 Å². The topological polar surface area (TPSA) is 45.4 Å². The summed E-state index contributed by atoms with van der Waals surface area (Å²) in [5.41, 5.74) is 7.73. The monoisotopic (exact) mass is 254 g/mol. The lowest BCUT2D eigenvalue weighted by Crippen LogP contribution is -2.44. The van der Waals surface area contributed by atoms with Crippen molar-refractivity contribution < 1.29 is 0 Å². The zero-order valence-electron chi connectivity index (χ0n) is 10.4. The van der Waals surface area contributed by atoms with E-state index in [1.807, 2.05) is 6.92 Å². The third kappa shape index (κ3) is 2.70. The molecule has 1 aliphatic rings. The highest BCUT2D eigenvalue weighted by molar-refractivity contribution is 6.30. The van der Waals surface area contributed by atoms with Gasteiger partial charge in [0.1, 0.15) is 11.0 Å². The number of nitrogens with two attached hydrogens (primary N) is 1. The van der Waals surface area contributed by atoms with Crippen LogP contribution in [-0.2, 0) is 6.54 Å². The van der Waals surface area contributed by atoms with Crippen LogP contribution in [0.4, 0.5) is 5.82 Å². The molecule has 2 heterocycles. The van der Waals surface area contributed by atoms with Gasteiger partial charge in [0.05, 0.1) is 0 Å². The molecule has 1 saturated heterocycles. The number of likely N-dealkylation sites (N-methyl/N-ethyl adjacent to an activating group) is 1. The molecule has 0 radical (unpaired) electrons. The third-order valence-electron chi connectivity index (χ3n) is 3.31. The van der Waals surface area contributed by atoms with Gasteiger partial charge in [0.25, 0.3) is 0 Å². The van der Waals surface area contributed by atoms with Crippen molar-refractivity contribution in [2.24, 2.45) is 5.73 Å². The summed E-state index contributed by atoms with van der Waals surface area (Å²) in [6.45, 7) is 6.62. The molecule has 1 fully saturated rings. The van der Waals surface area contributed by atoms with E-state index in [-0.39, 0.29) is 0 Å². The molecule has 4 nitrogen and oxygen atoms in total. The van der Waals surface area contributed by atoms with Gasteiger partial charge in [0, 0.05) is 38.3 Å². The molecule has 0 bridgehead atoms. The van der Waals surface area contributed by atoms with Crippen LogP contribution in [0.2, 0.25) is 5.15 Å². The van der Waals surface area contributed by atoms with Crippen LogP contribution in [0, 0.1) is 6.92 Å². The highest BCUT2D eigenvalue weighted by Gasteiger charge is 2.17. The first kappa shape index (κ1) is 12.6. The SMILES string of the molecule is Cc1cc(N2CCN(C)CC2)nc(Cl)c1CN. The summed E-state index contributed by atoms with van der Waals surface area (Å²) < 4.78 is 0. The van der Waals surface area contributed by atoms with E-state index in [9.17, 15) is 0 Å². The van der Waals surface area contributed by atoms with E-state index in [0.29, 0.717) is 11.7 Å². The van der Waals surface area contributed by atoms with Gasteiger partial charge in [-0.15, -0.1) is 0 Å². The zero-order valence-corrected chi connectivity index (χ0v) is 11.2. The average molecular weight is 255 g/mol. The summed E-state index contributed by atoms with van der Waals surface area (Å²) in [4.78, 5) is 9.04. The Morgan fingerprint density at radius 2 is 2.00 bits per heavy atom. The first-order chi connectivity index (χ1) is 8.11. The van der Waals surface area contributed by atoms with Gasteiger partial charge >= 0.3 is 0 Å². The normalized spacial score (nSPS) is 17.5. The minimum atomic E-state index is 0.445. The maximum atomic E-state index is 6.15. The van der Waals surface area contributed by atoms with Gasteiger partial charge in [0.2, 0.25) is 0 Å². The lowest BCUT2D eigenvalue weighted by atomic mass is 10.1. The van der Waals surface area contributed by atoms with Crippen molar-refractivity contribution in [2.45, 2.75) is 13.5 Å². The molecule has 1 aromatic heterocycles. The minimum absolute atomic E-state index is 0.445. The molecule has 1 aliphatic heterocycles. The molecule has 0 unspecified atom stereocenters. The first-order valence-electron chi connectivity index (χ1n) is 5.91. The van der Waals surface area contributed by atoms with Crippen LogP contribution >= 0.6 is 11.6 Å². The number of piperazine rings is 1. The lowest BCUT2D eigenvalue weighted by Gasteiger charge is -2.33. The Bertz CT molecular complexity index is 376. The number of rotatable bonds is 2. The molecule has 0 atom stereocenters. The number of hydrogen-bond donors (Lipinski definition) is 1. The number of hydrogen-bond acceptors (Lipinski definition) is 4. The van der Waals surface area contributed by atoms with Crippen LogP contribution < -0.4 is 10.6 Å². The molecule has 94 valence electrons. The Morgan fingerprint density at radius 1 is 1.35 bits per heavy atom. The van der Waals surface area contributed by atoms with Crippen molar-refractivity contribution in [3.63, 3.8) is 0 Å². The number of nitrogens with zero attached hydrogens (tertiary/aromatic N) is 3. The molecule has 5 heteroatoms. The van der Waals surface area contributed by atoms with Crippen LogP contribution in [0.5, 0.6) is 0 Å². The predicted octanol–water partition coefficient (Wildman–Crippen LogP) is 1.25. The van der Waals surface area contributed by atoms with E-state index >= 15 is 0 Å². The molecule has 1 aromatic rings. The van der Waals surface area contributed by atoms with Crippen molar-refractivity contribution in [1.29, 1.82) is 0 Å². The maximum absolute atomic E-state index is 6.15. The average Bonchev–Trinajstić information content (AvgIpc) is 2.29. The highest BCUT2D eigenvalue weighted by Crippen LogP contribution is 2.23. The van der Waals surface area contributed by atoms with Crippen molar-refractivity contribution in [2.75, 3.05) is 38.1 Å². The molecule has 0 saturated carbocycles. The number of anilines is 1. The fraction of sp³-hybridized carbons (Fsp3) is 0.583. The molecule has 0 amide bonds. The Hall–Kier alpha value is -0.840. The van der Waals surface area contributed by atoms with Crippen LogP contribution in [0.1, 0.15) is 11.1 Å². The van der Waals surface area contributed by atoms with E-state index in [1.54, 1.807) is 0 Å². The molecule has 0 spiro atoms. The van der Waals surface area contributed by atoms with Crippen LogP contribution in [0.25, 0.3) is 0 Å². The Morgan fingerprint density at radius 3 is 2.53 bits per heavy atom. The molecule has 17 heavy (non-hydrogen) atoms. The van der Waals surface area contributed by atoms with Gasteiger partial charge in [0.15, 0.2) is 0 Å². The van der Waals surface area contributed by atoms with Crippen LogP contribution in [-0.4, -0.2) is 43.1 Å². The zero-order chi connectivity index (χ0) is 12.4. The number of aryl methyl sites for hydroxylation is 1. The number of aromatic nitrogens is 1. The fourth-order valence-electron chi connectivity index (χ4n) is 2.09. The smallest absolute Gasteiger partial charge is 0.136 e. The second-order valence-electron chi connectivity index (χ2n) is 4.56. The van der Waals surface area contributed by atoms with Gasteiger partial charge in [-0.1, -0.05) is 11.6 Å². The summed E-state index contributed by atoms with van der Waals surface area (Å²) in [5, 5.41) is 0.543. The summed E-state index contributed by atoms with van der Waals surface area (Å²) in [6.07, 6.45) is 0. The van der Waals surface area contributed by atoms with E-state index in [4.69, 9.17) is 17.3 Å². The van der Waals surface area contributed by atoms with Crippen molar-refractivity contribution in [1.82, 2.24) is 9.88 Å². The third-order valence-corrected chi connectivity index (χ3v) is 3.63. The minimum Gasteiger partial charge on any atom is -0.354 e. The summed E-state index contributed by atoms with van der Waals surface area (Å²) in [7, 11) is 2.14. The van der Waals surface area contributed by atoms with Gasteiger partial charge < -0.3 is 15.5 Å². The van der Waals surface area contributed by atoms with E-state index < -0.39 is 0 Å². The quantitative estimate of drug-likeness (QED) is 0.807. The molecule has 0 aliphatic carbocycles. The second kappa shape index (κ2) is 5.21. The van der Waals surface area contributed by atoms with Gasteiger partial charge in [-0.25, -0.2) is 4.98 Å². The second-order valence-corrected chi connectivity index (χ2v) is 4.92. The first-order valence-corrected chi connectivity index (χ1v) is 6.29. The molecule has 2 rings (SSSR count). The van der Waals surface area contributed by atoms with E-state index in [2.05, 4.69) is 27.9 Å². The summed E-state index contributed by atoms with van der Waals surface area (Å²) >= 11 is 6.15. The molecular formula is C12H19ClN4. The predicted molar refractivity (Wildman–Crippen MR) is 71.6 cm³/mol. The van der Waals surface area contributed by atoms with Crippen LogP contribution in [0.15, 0.2) is 6.07 Å². The highest BCUT2D eigenvalue weighted by atomic mass is 35.5. The van der Waals surface area contributed by atoms with Gasteiger partial charge in [-0.05, 0) is 25.6 Å². The summed E-state index contributed by atoms with van der Waals surface area (Å²) in [6, 6.07) is 2.08. The molecule has 0 aromatic carbocycles. The van der Waals surface area contributed by atoms with Gasteiger partial charge in [-0.3, -0.25) is 0 Å². The maximum Gasteiger partial charge on any atom is 0.136 e. The largest absolute Gasteiger partial charge is 0.354 e. The van der Waals surface area contributed by atoms with Crippen molar-refractivity contribution in [3.8, 4) is 0 Å². The molecular weight excluding hydrogens is 236 g/mol. The van der Waals surface area contributed by atoms with Crippen molar-refractivity contribution >= 4 is 17.4 Å². The Labute approximate surface area is 107 Å². The Kier molecular flexibility index (Phi) is 3.86. The number of halogens is 1. The fourth-order valence-corrected chi connectivity index (χ4v) is 2.40. The lowest BCUT2D eigenvalue weighted by molar-refractivity contribution is 0.312. The standard InChI is InChI=1S/C12H19ClN4/c1-9-7-11(15-12(13)10(9)8-14)17-5-3-16(2)4-6-17/h7H,3-6,8,14H2,1-2H3. The Balaban J connectivity index is 2.22. The van der Waals surface area contributed by atoms with Crippen LogP contribution in [0.3, 0.4) is 0 Å². The summed E-state index contributed by atoms with van der Waals surface area (Å²) in [5.74, 6) is 0.970.